The molecule has 0 aliphatic carbocycles. The summed E-state index contributed by atoms with van der Waals surface area (Å²) in [7, 11) is 0. The Bertz CT molecular complexity index is 658. The second-order valence-electron chi connectivity index (χ2n) is 4.37. The van der Waals surface area contributed by atoms with Crippen LogP contribution in [0, 0.1) is 6.92 Å². The fourth-order valence-corrected chi connectivity index (χ4v) is 2.62. The topological polar surface area (TPSA) is 29.1 Å². The number of nitrogens with one attached hydrogen (secondary N) is 1. The standard InChI is InChI=1S/C15H12BrCl2NO/c1-9-5-12(16)14(7-13(9)18)19-15(20)11-4-2-3-10(6-11)8-17/h2-7H,8H2,1H3,(H,19,20). The molecule has 1 amide bonds. The summed E-state index contributed by atoms with van der Waals surface area (Å²) in [6.45, 7) is 1.91. The van der Waals surface area contributed by atoms with Crippen LogP contribution in [0.2, 0.25) is 5.02 Å². The van der Waals surface area contributed by atoms with Gasteiger partial charge in [-0.05, 0) is 58.2 Å². The Kier molecular flexibility index (Phi) is 5.08. The molecule has 0 heterocycles. The Balaban J connectivity index is 2.25. The summed E-state index contributed by atoms with van der Waals surface area (Å²) < 4.78 is 0.793. The highest BCUT2D eigenvalue weighted by atomic mass is 79.9. The molecule has 2 aromatic carbocycles. The summed E-state index contributed by atoms with van der Waals surface area (Å²) >= 11 is 15.3. The van der Waals surface area contributed by atoms with Gasteiger partial charge in [-0.3, -0.25) is 4.79 Å². The smallest absolute Gasteiger partial charge is 0.255 e. The SMILES string of the molecule is Cc1cc(Br)c(NC(=O)c2cccc(CCl)c2)cc1Cl. The third-order valence-corrected chi connectivity index (χ3v) is 4.21. The lowest BCUT2D eigenvalue weighted by Crippen LogP contribution is -2.12. The van der Waals surface area contributed by atoms with Gasteiger partial charge in [0, 0.05) is 20.9 Å². The number of carbonyl (C=O) groups excluding carboxylic acids is 1. The zero-order valence-corrected chi connectivity index (χ0v) is 13.8. The van der Waals surface area contributed by atoms with Crippen LogP contribution in [0.5, 0.6) is 0 Å². The van der Waals surface area contributed by atoms with E-state index in [4.69, 9.17) is 23.2 Å². The number of rotatable bonds is 3. The van der Waals surface area contributed by atoms with Crippen molar-refractivity contribution in [2.45, 2.75) is 12.8 Å². The molecule has 0 aromatic heterocycles. The molecule has 0 aliphatic heterocycles. The summed E-state index contributed by atoms with van der Waals surface area (Å²) in [6.07, 6.45) is 0. The second kappa shape index (κ2) is 6.61. The molecule has 0 spiro atoms. The second-order valence-corrected chi connectivity index (χ2v) is 5.90. The number of alkyl halides is 1. The van der Waals surface area contributed by atoms with Gasteiger partial charge in [-0.15, -0.1) is 11.6 Å². The van der Waals surface area contributed by atoms with Crippen molar-refractivity contribution < 1.29 is 4.79 Å². The Morgan fingerprint density at radius 1 is 1.30 bits per heavy atom. The van der Waals surface area contributed by atoms with Crippen LogP contribution in [0.15, 0.2) is 40.9 Å². The first kappa shape index (κ1) is 15.4. The highest BCUT2D eigenvalue weighted by Crippen LogP contribution is 2.29. The van der Waals surface area contributed by atoms with E-state index in [0.29, 0.717) is 22.2 Å². The fourth-order valence-electron chi connectivity index (χ4n) is 1.73. The van der Waals surface area contributed by atoms with Gasteiger partial charge in [0.05, 0.1) is 5.69 Å². The molecule has 0 saturated carbocycles. The maximum Gasteiger partial charge on any atom is 0.255 e. The zero-order chi connectivity index (χ0) is 14.7. The minimum absolute atomic E-state index is 0.197. The maximum atomic E-state index is 12.2. The number of amides is 1. The molecule has 1 N–H and O–H groups in total. The van der Waals surface area contributed by atoms with E-state index in [2.05, 4.69) is 21.2 Å². The van der Waals surface area contributed by atoms with Crippen molar-refractivity contribution in [3.05, 3.63) is 62.6 Å². The minimum atomic E-state index is -0.197. The molecular formula is C15H12BrCl2NO. The highest BCUT2D eigenvalue weighted by molar-refractivity contribution is 9.10. The van der Waals surface area contributed by atoms with Gasteiger partial charge in [0.15, 0.2) is 0 Å². The lowest BCUT2D eigenvalue weighted by atomic mass is 10.1. The van der Waals surface area contributed by atoms with Crippen LogP contribution in [-0.2, 0) is 5.88 Å². The molecule has 0 atom stereocenters. The van der Waals surface area contributed by atoms with Crippen LogP contribution >= 0.6 is 39.1 Å². The molecule has 0 saturated heterocycles. The van der Waals surface area contributed by atoms with Gasteiger partial charge in [0.25, 0.3) is 5.91 Å². The summed E-state index contributed by atoms with van der Waals surface area (Å²) in [5, 5.41) is 3.44. The lowest BCUT2D eigenvalue weighted by molar-refractivity contribution is 0.102. The lowest BCUT2D eigenvalue weighted by Gasteiger charge is -2.10. The number of carbonyl (C=O) groups is 1. The van der Waals surface area contributed by atoms with E-state index in [1.165, 1.54) is 0 Å². The highest BCUT2D eigenvalue weighted by Gasteiger charge is 2.10. The van der Waals surface area contributed by atoms with Crippen molar-refractivity contribution in [2.75, 3.05) is 5.32 Å². The van der Waals surface area contributed by atoms with Crippen molar-refractivity contribution in [2.24, 2.45) is 0 Å². The number of benzene rings is 2. The van der Waals surface area contributed by atoms with Crippen molar-refractivity contribution in [3.63, 3.8) is 0 Å². The van der Waals surface area contributed by atoms with Crippen molar-refractivity contribution in [1.82, 2.24) is 0 Å². The first-order valence-electron chi connectivity index (χ1n) is 5.93. The number of hydrogen-bond acceptors (Lipinski definition) is 1. The van der Waals surface area contributed by atoms with E-state index >= 15 is 0 Å². The van der Waals surface area contributed by atoms with Crippen molar-refractivity contribution in [1.29, 1.82) is 0 Å². The summed E-state index contributed by atoms with van der Waals surface area (Å²) in [6, 6.07) is 10.8. The van der Waals surface area contributed by atoms with E-state index in [9.17, 15) is 4.79 Å². The fraction of sp³-hybridized carbons (Fsp3) is 0.133. The Labute approximate surface area is 136 Å². The van der Waals surface area contributed by atoms with Crippen LogP contribution < -0.4 is 5.32 Å². The van der Waals surface area contributed by atoms with Gasteiger partial charge in [0.2, 0.25) is 0 Å². The summed E-state index contributed by atoms with van der Waals surface area (Å²) in [4.78, 5) is 12.2. The molecule has 0 fully saturated rings. The molecule has 2 nitrogen and oxygen atoms in total. The normalized spacial score (nSPS) is 10.4. The van der Waals surface area contributed by atoms with Crippen LogP contribution in [-0.4, -0.2) is 5.91 Å². The molecule has 2 aromatic rings. The average Bonchev–Trinajstić information content (AvgIpc) is 2.44. The van der Waals surface area contributed by atoms with E-state index in [-0.39, 0.29) is 5.91 Å². The largest absolute Gasteiger partial charge is 0.321 e. The predicted molar refractivity (Wildman–Crippen MR) is 87.8 cm³/mol. The van der Waals surface area contributed by atoms with E-state index in [1.807, 2.05) is 25.1 Å². The quantitative estimate of drug-likeness (QED) is 0.717. The molecule has 104 valence electrons. The van der Waals surface area contributed by atoms with Crippen molar-refractivity contribution >= 4 is 50.7 Å². The molecule has 0 aliphatic rings. The number of aryl methyl sites for hydroxylation is 1. The summed E-state index contributed by atoms with van der Waals surface area (Å²) in [5.41, 5.74) is 3.05. The minimum Gasteiger partial charge on any atom is -0.321 e. The monoisotopic (exact) mass is 371 g/mol. The van der Waals surface area contributed by atoms with Gasteiger partial charge in [-0.25, -0.2) is 0 Å². The van der Waals surface area contributed by atoms with Gasteiger partial charge in [-0.1, -0.05) is 23.7 Å². The molecule has 0 bridgehead atoms. The van der Waals surface area contributed by atoms with Crippen LogP contribution in [0.4, 0.5) is 5.69 Å². The molecule has 20 heavy (non-hydrogen) atoms. The van der Waals surface area contributed by atoms with Gasteiger partial charge < -0.3 is 5.32 Å². The third-order valence-electron chi connectivity index (χ3n) is 2.84. The maximum absolute atomic E-state index is 12.2. The predicted octanol–water partition coefficient (Wildman–Crippen LogP) is 5.40. The van der Waals surface area contributed by atoms with E-state index < -0.39 is 0 Å². The van der Waals surface area contributed by atoms with Gasteiger partial charge in [-0.2, -0.15) is 0 Å². The number of halogens is 3. The zero-order valence-electron chi connectivity index (χ0n) is 10.7. The molecular weight excluding hydrogens is 361 g/mol. The van der Waals surface area contributed by atoms with Crippen molar-refractivity contribution in [3.8, 4) is 0 Å². The molecule has 0 unspecified atom stereocenters. The van der Waals surface area contributed by atoms with Crippen LogP contribution in [0.1, 0.15) is 21.5 Å². The molecule has 2 rings (SSSR count). The third kappa shape index (κ3) is 3.54. The average molecular weight is 373 g/mol. The number of anilines is 1. The van der Waals surface area contributed by atoms with Gasteiger partial charge >= 0.3 is 0 Å². The van der Waals surface area contributed by atoms with Crippen LogP contribution in [0.3, 0.4) is 0 Å². The van der Waals surface area contributed by atoms with Crippen LogP contribution in [0.25, 0.3) is 0 Å². The summed E-state index contributed by atoms with van der Waals surface area (Å²) in [5.74, 6) is 0.179. The number of hydrogen-bond donors (Lipinski definition) is 1. The van der Waals surface area contributed by atoms with Gasteiger partial charge in [0.1, 0.15) is 0 Å². The molecule has 5 heteroatoms. The first-order valence-corrected chi connectivity index (χ1v) is 7.63. The van der Waals surface area contributed by atoms with E-state index in [0.717, 1.165) is 15.6 Å². The van der Waals surface area contributed by atoms with E-state index in [1.54, 1.807) is 18.2 Å². The Morgan fingerprint density at radius 2 is 2.05 bits per heavy atom. The Hall–Kier alpha value is -1.03. The Morgan fingerprint density at radius 3 is 2.75 bits per heavy atom. The molecule has 0 radical (unpaired) electrons. The first-order chi connectivity index (χ1) is 9.51.